The van der Waals surface area contributed by atoms with E-state index in [1.807, 2.05) is 43.3 Å². The summed E-state index contributed by atoms with van der Waals surface area (Å²) in [5.74, 6) is -1.46. The van der Waals surface area contributed by atoms with E-state index in [4.69, 9.17) is 28.9 Å². The maximum atomic E-state index is 9.32. The summed E-state index contributed by atoms with van der Waals surface area (Å²) in [7, 11) is 0. The average Bonchev–Trinajstić information content (AvgIpc) is 2.46. The lowest BCUT2D eigenvalue weighted by Gasteiger charge is -1.96. The minimum atomic E-state index is -1.46. The molecule has 5 N–H and O–H groups in total. The van der Waals surface area contributed by atoms with Crippen LogP contribution in [-0.2, 0) is 4.79 Å². The van der Waals surface area contributed by atoms with Crippen LogP contribution in [0.2, 0.25) is 0 Å². The van der Waals surface area contributed by atoms with Crippen molar-refractivity contribution in [3.63, 3.8) is 0 Å². The van der Waals surface area contributed by atoms with Crippen molar-refractivity contribution in [2.45, 2.75) is 18.7 Å². The summed E-state index contributed by atoms with van der Waals surface area (Å²) < 4.78 is 0. The Morgan fingerprint density at radius 2 is 1.32 bits per heavy atom. The highest BCUT2D eigenvalue weighted by molar-refractivity contribution is 6.52. The van der Waals surface area contributed by atoms with Crippen molar-refractivity contribution in [2.75, 3.05) is 5.73 Å². The molecule has 2 aromatic carbocycles. The molecule has 0 amide bonds. The number of carbonyl (C=O) groups excluding carboxylic acids is 1. The average molecular weight is 343 g/mol. The maximum absolute atomic E-state index is 9.32. The quantitative estimate of drug-likeness (QED) is 0.612. The Kier molecular flexibility index (Phi) is 10.0. The first-order chi connectivity index (χ1) is 10.2. The predicted octanol–water partition coefficient (Wildman–Crippen LogP) is 1.99. The number of nitrogen functional groups attached to an aromatic ring is 1. The first kappa shape index (κ1) is 20.2. The summed E-state index contributed by atoms with van der Waals surface area (Å²) in [6.07, 6.45) is 0. The summed E-state index contributed by atoms with van der Waals surface area (Å²) in [4.78, 5) is 7.93. The van der Waals surface area contributed by atoms with E-state index >= 15 is 0 Å². The zero-order chi connectivity index (χ0) is 17.1. The van der Waals surface area contributed by atoms with Gasteiger partial charge in [0.25, 0.3) is 0 Å². The first-order valence-electron chi connectivity index (χ1n) is 6.42. The van der Waals surface area contributed by atoms with E-state index in [0.717, 1.165) is 11.4 Å². The second-order valence-electron chi connectivity index (χ2n) is 4.52. The molecule has 4 nitrogen and oxygen atoms in total. The van der Waals surface area contributed by atoms with Crippen molar-refractivity contribution in [1.82, 2.24) is 0 Å². The van der Waals surface area contributed by atoms with Gasteiger partial charge in [-0.2, -0.15) is 0 Å². The molecule has 6 heteroatoms. The minimum absolute atomic E-state index is 0.829. The largest absolute Gasteiger partial charge is 0.547 e. The Balaban J connectivity index is 0.000000306. The van der Waals surface area contributed by atoms with E-state index in [-0.39, 0.29) is 0 Å². The van der Waals surface area contributed by atoms with Gasteiger partial charge in [-0.05, 0) is 38.1 Å². The number of halogens is 2. The molecule has 0 spiro atoms. The predicted molar refractivity (Wildman–Crippen MR) is 89.8 cm³/mol. The number of carbonyl (C=O) groups is 1. The van der Waals surface area contributed by atoms with Crippen molar-refractivity contribution in [3.8, 4) is 0 Å². The summed E-state index contributed by atoms with van der Waals surface area (Å²) in [5, 5.41) is 9.32. The molecule has 2 rings (SSSR count). The molecule has 22 heavy (non-hydrogen) atoms. The number of aryl methyl sites for hydroxylation is 2. The minimum Gasteiger partial charge on any atom is -0.547 e. The van der Waals surface area contributed by atoms with Crippen LogP contribution in [-0.4, -0.2) is 10.8 Å². The van der Waals surface area contributed by atoms with Gasteiger partial charge in [-0.3, -0.25) is 0 Å². The standard InChI is InChI=1S/2C7H9N.C2H2Cl2O2/c2*1-6-2-4-7(8)5-3-6;3-1(4)2(5)6/h2*2-5H,8H2,1H3;1H,(H,5,6). The number of alkyl halides is 2. The van der Waals surface area contributed by atoms with Crippen molar-refractivity contribution in [2.24, 2.45) is 0 Å². The summed E-state index contributed by atoms with van der Waals surface area (Å²) in [6, 6.07) is 15.9. The van der Waals surface area contributed by atoms with Crippen LogP contribution in [0.4, 0.5) is 11.4 Å². The highest BCUT2D eigenvalue weighted by Crippen LogP contribution is 2.02. The molecule has 0 radical (unpaired) electrons. The molecular weight excluding hydrogens is 323 g/mol. The van der Waals surface area contributed by atoms with Gasteiger partial charge in [0.05, 0.1) is 5.97 Å². The fourth-order valence-corrected chi connectivity index (χ4v) is 1.15. The van der Waals surface area contributed by atoms with Gasteiger partial charge in [0.15, 0.2) is 0 Å². The van der Waals surface area contributed by atoms with Gasteiger partial charge in [-0.1, -0.05) is 58.6 Å². The molecule has 0 aliphatic carbocycles. The summed E-state index contributed by atoms with van der Waals surface area (Å²) in [6.45, 7) is 4.11. The van der Waals surface area contributed by atoms with Gasteiger partial charge in [0, 0.05) is 5.69 Å². The zero-order valence-electron chi connectivity index (χ0n) is 12.6. The molecule has 0 aliphatic heterocycles. The fraction of sp³-hybridized carbons (Fsp3) is 0.188. The molecule has 0 atom stereocenters. The fourth-order valence-electron chi connectivity index (χ4n) is 1.15. The van der Waals surface area contributed by atoms with E-state index in [9.17, 15) is 9.90 Å². The summed E-state index contributed by atoms with van der Waals surface area (Å²) >= 11 is 9.43. The van der Waals surface area contributed by atoms with E-state index in [2.05, 4.69) is 24.8 Å². The Morgan fingerprint density at radius 3 is 1.55 bits per heavy atom. The molecule has 0 heterocycles. The van der Waals surface area contributed by atoms with Gasteiger partial charge in [0.2, 0.25) is 0 Å². The maximum Gasteiger partial charge on any atom is 0.146 e. The molecule has 0 saturated heterocycles. The highest BCUT2D eigenvalue weighted by atomic mass is 35.5. The lowest BCUT2D eigenvalue weighted by Crippen LogP contribution is -2.39. The van der Waals surface area contributed by atoms with Crippen LogP contribution >= 0.6 is 23.2 Å². The number of hydrogen-bond donors (Lipinski definition) is 2. The molecule has 0 aromatic heterocycles. The highest BCUT2D eigenvalue weighted by Gasteiger charge is 1.93. The second kappa shape index (κ2) is 10.9. The van der Waals surface area contributed by atoms with Gasteiger partial charge >= 0.3 is 0 Å². The first-order valence-corrected chi connectivity index (χ1v) is 7.29. The normalized spacial score (nSPS) is 9.18. The van der Waals surface area contributed by atoms with Crippen LogP contribution in [0.1, 0.15) is 11.1 Å². The SMILES string of the molecule is Cc1ccc(N)cc1.Cc1ccc([NH3+])cc1.O=C([O-])C(Cl)Cl. The molecule has 120 valence electrons. The number of carboxylic acid groups (broad SMARTS) is 1. The van der Waals surface area contributed by atoms with Gasteiger partial charge in [-0.25, -0.2) is 0 Å². The molecule has 0 unspecified atom stereocenters. The van der Waals surface area contributed by atoms with Crippen molar-refractivity contribution in [1.29, 1.82) is 0 Å². The monoisotopic (exact) mass is 342 g/mol. The number of hydrogen-bond acceptors (Lipinski definition) is 3. The summed E-state index contributed by atoms with van der Waals surface area (Å²) in [5.41, 5.74) is 13.6. The molecule has 0 aliphatic rings. The number of benzene rings is 2. The third kappa shape index (κ3) is 11.0. The number of aliphatic carboxylic acids is 1. The molecular formula is C16H20Cl2N2O2. The van der Waals surface area contributed by atoms with Crippen molar-refractivity contribution >= 4 is 40.5 Å². The smallest absolute Gasteiger partial charge is 0.146 e. The van der Waals surface area contributed by atoms with Crippen LogP contribution in [0, 0.1) is 13.8 Å². The van der Waals surface area contributed by atoms with E-state index < -0.39 is 10.8 Å². The van der Waals surface area contributed by atoms with Crippen LogP contribution < -0.4 is 16.6 Å². The zero-order valence-corrected chi connectivity index (χ0v) is 14.1. The van der Waals surface area contributed by atoms with E-state index in [1.54, 1.807) is 0 Å². The van der Waals surface area contributed by atoms with Gasteiger partial charge in [-0.15, -0.1) is 0 Å². The van der Waals surface area contributed by atoms with Crippen molar-refractivity contribution in [3.05, 3.63) is 59.7 Å². The second-order valence-corrected chi connectivity index (χ2v) is 5.61. The Hall–Kier alpha value is -1.75. The van der Waals surface area contributed by atoms with Crippen LogP contribution in [0.15, 0.2) is 48.5 Å². The molecule has 0 saturated carbocycles. The topological polar surface area (TPSA) is 93.8 Å². The van der Waals surface area contributed by atoms with E-state index in [1.165, 1.54) is 11.1 Å². The van der Waals surface area contributed by atoms with Crippen LogP contribution in [0.25, 0.3) is 0 Å². The number of carboxylic acids is 1. The van der Waals surface area contributed by atoms with E-state index in [0.29, 0.717) is 0 Å². The Morgan fingerprint density at radius 1 is 1.00 bits per heavy atom. The third-order valence-corrected chi connectivity index (χ3v) is 2.73. The number of rotatable bonds is 1. The molecule has 0 bridgehead atoms. The van der Waals surface area contributed by atoms with Crippen molar-refractivity contribution < 1.29 is 15.6 Å². The van der Waals surface area contributed by atoms with Gasteiger partial charge < -0.3 is 21.4 Å². The van der Waals surface area contributed by atoms with Crippen LogP contribution in [0.3, 0.4) is 0 Å². The molecule has 0 fully saturated rings. The number of nitrogens with two attached hydrogens (primary N) is 1. The lowest BCUT2D eigenvalue weighted by molar-refractivity contribution is -0.303. The Labute approximate surface area is 140 Å². The van der Waals surface area contributed by atoms with Gasteiger partial charge in [0.1, 0.15) is 10.5 Å². The lowest BCUT2D eigenvalue weighted by atomic mass is 10.2. The number of quaternary nitrogens is 1. The van der Waals surface area contributed by atoms with Crippen LogP contribution in [0.5, 0.6) is 0 Å². The molecule has 2 aromatic rings. The Bertz CT molecular complexity index is 470. The number of anilines is 1. The third-order valence-electron chi connectivity index (χ3n) is 2.38.